The van der Waals surface area contributed by atoms with Gasteiger partial charge in [-0.25, -0.2) is 0 Å². The number of likely N-dealkylation sites (tertiary alicyclic amines) is 1. The van der Waals surface area contributed by atoms with Crippen LogP contribution >= 0.6 is 0 Å². The maximum atomic E-state index is 9.62. The van der Waals surface area contributed by atoms with Crippen molar-refractivity contribution in [2.45, 2.75) is 45.2 Å². The van der Waals surface area contributed by atoms with Gasteiger partial charge >= 0.3 is 0 Å². The van der Waals surface area contributed by atoms with Crippen LogP contribution in [0.25, 0.3) is 0 Å². The lowest BCUT2D eigenvalue weighted by Gasteiger charge is -2.35. The van der Waals surface area contributed by atoms with Crippen LogP contribution in [0.5, 0.6) is 0 Å². The van der Waals surface area contributed by atoms with Crippen LogP contribution in [0.2, 0.25) is 0 Å². The SMILES string of the molecule is CC(C)CN1CCC(N[C@H](CO)Cc2ccccc2)CC1. The Kier molecular flexibility index (Phi) is 6.68. The summed E-state index contributed by atoms with van der Waals surface area (Å²) in [5, 5.41) is 13.3. The average molecular weight is 290 g/mol. The maximum Gasteiger partial charge on any atom is 0.0587 e. The van der Waals surface area contributed by atoms with Crippen LogP contribution in [0.4, 0.5) is 0 Å². The summed E-state index contributed by atoms with van der Waals surface area (Å²) in [6.45, 7) is 8.35. The number of nitrogens with zero attached hydrogens (tertiary/aromatic N) is 1. The van der Waals surface area contributed by atoms with Gasteiger partial charge in [0.2, 0.25) is 0 Å². The number of aliphatic hydroxyl groups is 1. The largest absolute Gasteiger partial charge is 0.395 e. The highest BCUT2D eigenvalue weighted by Crippen LogP contribution is 2.13. The van der Waals surface area contributed by atoms with E-state index in [2.05, 4.69) is 48.3 Å². The number of rotatable bonds is 7. The zero-order valence-corrected chi connectivity index (χ0v) is 13.5. The molecule has 21 heavy (non-hydrogen) atoms. The van der Waals surface area contributed by atoms with Crippen molar-refractivity contribution in [3.63, 3.8) is 0 Å². The molecule has 2 rings (SSSR count). The molecule has 1 aromatic rings. The molecule has 2 N–H and O–H groups in total. The number of hydrogen-bond acceptors (Lipinski definition) is 3. The lowest BCUT2D eigenvalue weighted by Crippen LogP contribution is -2.48. The molecule has 1 aliphatic rings. The second-order valence-electron chi connectivity index (χ2n) is 6.70. The predicted octanol–water partition coefficient (Wildman–Crippen LogP) is 2.30. The third-order valence-corrected chi connectivity index (χ3v) is 4.23. The van der Waals surface area contributed by atoms with E-state index in [0.29, 0.717) is 6.04 Å². The highest BCUT2D eigenvalue weighted by Gasteiger charge is 2.21. The normalized spacial score (nSPS) is 19.0. The quantitative estimate of drug-likeness (QED) is 0.809. The minimum Gasteiger partial charge on any atom is -0.395 e. The molecule has 1 fully saturated rings. The monoisotopic (exact) mass is 290 g/mol. The van der Waals surface area contributed by atoms with Gasteiger partial charge in [-0.1, -0.05) is 44.2 Å². The van der Waals surface area contributed by atoms with Crippen molar-refractivity contribution in [3.8, 4) is 0 Å². The zero-order chi connectivity index (χ0) is 15.1. The highest BCUT2D eigenvalue weighted by molar-refractivity contribution is 5.16. The lowest BCUT2D eigenvalue weighted by atomic mass is 10.0. The molecule has 0 aliphatic carbocycles. The molecule has 1 atom stereocenters. The molecule has 0 bridgehead atoms. The van der Waals surface area contributed by atoms with Crippen molar-refractivity contribution in [3.05, 3.63) is 35.9 Å². The molecule has 3 heteroatoms. The molecule has 0 amide bonds. The van der Waals surface area contributed by atoms with E-state index in [9.17, 15) is 5.11 Å². The van der Waals surface area contributed by atoms with Crippen LogP contribution in [-0.4, -0.2) is 48.3 Å². The van der Waals surface area contributed by atoms with Gasteiger partial charge in [-0.3, -0.25) is 0 Å². The van der Waals surface area contributed by atoms with Crippen LogP contribution in [0.3, 0.4) is 0 Å². The first-order valence-electron chi connectivity index (χ1n) is 8.30. The second-order valence-corrected chi connectivity index (χ2v) is 6.70. The Labute approximate surface area is 129 Å². The maximum absolute atomic E-state index is 9.62. The summed E-state index contributed by atoms with van der Waals surface area (Å²) in [6.07, 6.45) is 3.29. The van der Waals surface area contributed by atoms with Gasteiger partial charge in [0.15, 0.2) is 0 Å². The van der Waals surface area contributed by atoms with Gasteiger partial charge < -0.3 is 15.3 Å². The standard InChI is InChI=1S/C18H30N2O/c1-15(2)13-20-10-8-17(9-11-20)19-18(14-21)12-16-6-4-3-5-7-16/h3-7,15,17-19,21H,8-14H2,1-2H3/t18-/m0/s1. The summed E-state index contributed by atoms with van der Waals surface area (Å²) in [4.78, 5) is 2.56. The summed E-state index contributed by atoms with van der Waals surface area (Å²) in [5.41, 5.74) is 1.29. The van der Waals surface area contributed by atoms with Gasteiger partial charge in [0.05, 0.1) is 6.61 Å². The van der Waals surface area contributed by atoms with Gasteiger partial charge in [0.25, 0.3) is 0 Å². The molecule has 1 aliphatic heterocycles. The molecule has 0 spiro atoms. The van der Waals surface area contributed by atoms with Crippen LogP contribution in [0.1, 0.15) is 32.3 Å². The number of hydrogen-bond donors (Lipinski definition) is 2. The van der Waals surface area contributed by atoms with E-state index in [-0.39, 0.29) is 12.6 Å². The smallest absolute Gasteiger partial charge is 0.0587 e. The number of piperidine rings is 1. The van der Waals surface area contributed by atoms with E-state index >= 15 is 0 Å². The van der Waals surface area contributed by atoms with Crippen molar-refractivity contribution in [1.82, 2.24) is 10.2 Å². The van der Waals surface area contributed by atoms with E-state index in [1.807, 2.05) is 6.07 Å². The van der Waals surface area contributed by atoms with Crippen LogP contribution in [-0.2, 0) is 6.42 Å². The topological polar surface area (TPSA) is 35.5 Å². The minimum atomic E-state index is 0.175. The van der Waals surface area contributed by atoms with Crippen LogP contribution in [0, 0.1) is 5.92 Å². The Morgan fingerprint density at radius 3 is 2.43 bits per heavy atom. The van der Waals surface area contributed by atoms with Crippen molar-refractivity contribution in [2.75, 3.05) is 26.2 Å². The number of aliphatic hydroxyl groups excluding tert-OH is 1. The number of nitrogens with one attached hydrogen (secondary N) is 1. The van der Waals surface area contributed by atoms with Crippen molar-refractivity contribution >= 4 is 0 Å². The van der Waals surface area contributed by atoms with Gasteiger partial charge in [0.1, 0.15) is 0 Å². The van der Waals surface area contributed by atoms with E-state index in [1.165, 1.54) is 38.0 Å². The third kappa shape index (κ3) is 5.77. The minimum absolute atomic E-state index is 0.175. The van der Waals surface area contributed by atoms with Crippen molar-refractivity contribution < 1.29 is 5.11 Å². The first kappa shape index (κ1) is 16.5. The fourth-order valence-corrected chi connectivity index (χ4v) is 3.21. The average Bonchev–Trinajstić information content (AvgIpc) is 2.49. The van der Waals surface area contributed by atoms with Crippen LogP contribution < -0.4 is 5.32 Å². The fourth-order valence-electron chi connectivity index (χ4n) is 3.21. The van der Waals surface area contributed by atoms with E-state index in [1.54, 1.807) is 0 Å². The first-order valence-corrected chi connectivity index (χ1v) is 8.30. The molecule has 0 unspecified atom stereocenters. The molecule has 1 heterocycles. The molecule has 1 aromatic carbocycles. The molecular formula is C18H30N2O. The molecule has 0 saturated carbocycles. The molecule has 118 valence electrons. The van der Waals surface area contributed by atoms with Gasteiger partial charge in [-0.2, -0.15) is 0 Å². The molecule has 3 nitrogen and oxygen atoms in total. The Morgan fingerprint density at radius 2 is 1.86 bits per heavy atom. The summed E-state index contributed by atoms with van der Waals surface area (Å²) in [5.74, 6) is 0.748. The van der Waals surface area contributed by atoms with E-state index < -0.39 is 0 Å². The third-order valence-electron chi connectivity index (χ3n) is 4.23. The summed E-state index contributed by atoms with van der Waals surface area (Å²) in [6, 6.07) is 11.2. The molecule has 0 aromatic heterocycles. The predicted molar refractivity (Wildman–Crippen MR) is 88.5 cm³/mol. The Balaban J connectivity index is 1.75. The summed E-state index contributed by atoms with van der Waals surface area (Å²) < 4.78 is 0. The zero-order valence-electron chi connectivity index (χ0n) is 13.5. The van der Waals surface area contributed by atoms with Crippen molar-refractivity contribution in [1.29, 1.82) is 0 Å². The first-order chi connectivity index (χ1) is 10.2. The molecular weight excluding hydrogens is 260 g/mol. The molecule has 0 radical (unpaired) electrons. The Morgan fingerprint density at radius 1 is 1.19 bits per heavy atom. The second kappa shape index (κ2) is 8.52. The van der Waals surface area contributed by atoms with Gasteiger partial charge in [-0.15, -0.1) is 0 Å². The fraction of sp³-hybridized carbons (Fsp3) is 0.667. The Hall–Kier alpha value is -0.900. The number of benzene rings is 1. The van der Waals surface area contributed by atoms with Crippen LogP contribution in [0.15, 0.2) is 30.3 Å². The van der Waals surface area contributed by atoms with Gasteiger partial charge in [0, 0.05) is 18.6 Å². The highest BCUT2D eigenvalue weighted by atomic mass is 16.3. The Bertz CT molecular complexity index is 385. The molecule has 1 saturated heterocycles. The lowest BCUT2D eigenvalue weighted by molar-refractivity contribution is 0.160. The summed E-state index contributed by atoms with van der Waals surface area (Å²) in [7, 11) is 0. The van der Waals surface area contributed by atoms with E-state index in [4.69, 9.17) is 0 Å². The van der Waals surface area contributed by atoms with Crippen molar-refractivity contribution in [2.24, 2.45) is 5.92 Å². The summed E-state index contributed by atoms with van der Waals surface area (Å²) >= 11 is 0. The van der Waals surface area contributed by atoms with Gasteiger partial charge in [-0.05, 0) is 43.8 Å². The van der Waals surface area contributed by atoms with E-state index in [0.717, 1.165) is 12.3 Å².